The van der Waals surface area contributed by atoms with E-state index in [1.165, 1.54) is 17.4 Å². The molecule has 0 saturated carbocycles. The Morgan fingerprint density at radius 3 is 1.32 bits per heavy atom. The number of fused-ring (bicyclic) bond motifs is 3. The molecule has 2 fully saturated rings. The Labute approximate surface area is 804 Å². The molecule has 26 N–H and O–H groups in total. The van der Waals surface area contributed by atoms with Gasteiger partial charge in [-0.3, -0.25) is 103 Å². The van der Waals surface area contributed by atoms with E-state index in [1.54, 1.807) is 135 Å². The number of aliphatic carboxylic acids is 3. The summed E-state index contributed by atoms with van der Waals surface area (Å²) >= 11 is 0. The minimum absolute atomic E-state index is 0.00701. The average Bonchev–Trinajstić information content (AvgIpc) is 1.53. The van der Waals surface area contributed by atoms with Crippen LogP contribution >= 0.6 is 0 Å². The number of rotatable bonds is 46. The van der Waals surface area contributed by atoms with Crippen LogP contribution in [0.15, 0.2) is 183 Å². The molecule has 140 heavy (non-hydrogen) atoms. The summed E-state index contributed by atoms with van der Waals surface area (Å²) in [6, 6.07) is 31.8. The topological polar surface area (TPSA) is 668 Å². The van der Waals surface area contributed by atoms with E-state index in [1.807, 2.05) is 60.0 Å². The van der Waals surface area contributed by atoms with Crippen molar-refractivity contribution in [3.8, 4) is 0 Å². The number of carboxylic acid groups (broad SMARTS) is 3. The van der Waals surface area contributed by atoms with Crippen LogP contribution in [0.1, 0.15) is 82.4 Å². The fourth-order valence-electron chi connectivity index (χ4n) is 16.8. The fourth-order valence-corrected chi connectivity index (χ4v) is 16.8. The molecule has 11 rings (SSSR count). The van der Waals surface area contributed by atoms with E-state index in [0.717, 1.165) is 21.5 Å². The Morgan fingerprint density at radius 2 is 0.836 bits per heavy atom. The van der Waals surface area contributed by atoms with Crippen molar-refractivity contribution in [2.45, 2.75) is 125 Å². The number of aliphatic hydroxyl groups excluding tert-OH is 1. The lowest BCUT2D eigenvalue weighted by atomic mass is 9.98. The maximum Gasteiger partial charge on any atom is 0.330 e. The molecule has 0 spiro atoms. The molecule has 44 nitrogen and oxygen atoms in total. The number of H-pyrrole nitrogens is 2. The van der Waals surface area contributed by atoms with Crippen LogP contribution in [0.25, 0.3) is 32.4 Å². The molecule has 0 aliphatic carbocycles. The third-order valence-electron chi connectivity index (χ3n) is 24.0. The number of aromatic amines is 2. The molecule has 9 atom stereocenters. The number of urea groups is 1. The van der Waals surface area contributed by atoms with Crippen molar-refractivity contribution >= 4 is 133 Å². The predicted molar refractivity (Wildman–Crippen MR) is 515 cm³/mol. The van der Waals surface area contributed by atoms with E-state index in [0.29, 0.717) is 50.7 Å². The number of nitrogens with one attached hydrogen (secondary N) is 16. The van der Waals surface area contributed by atoms with Gasteiger partial charge in [-0.1, -0.05) is 158 Å². The van der Waals surface area contributed by atoms with Crippen molar-refractivity contribution in [3.63, 3.8) is 0 Å². The molecule has 742 valence electrons. The second-order valence-corrected chi connectivity index (χ2v) is 34.4. The number of nitrogens with zero attached hydrogens (tertiary/aromatic N) is 6. The van der Waals surface area contributed by atoms with Gasteiger partial charge in [-0.15, -0.1) is 0 Å². The first kappa shape index (κ1) is 105. The highest BCUT2D eigenvalue weighted by Crippen LogP contribution is 2.25. The number of primary amides is 1. The summed E-state index contributed by atoms with van der Waals surface area (Å²) in [5, 5.41) is 87.8. The number of aliphatic hydroxyl groups is 1. The Balaban J connectivity index is 0.859. The molecule has 44 heteroatoms. The summed E-state index contributed by atoms with van der Waals surface area (Å²) in [5.74, 6) is -14.0. The minimum Gasteiger partial charge on any atom is -0.480 e. The predicted octanol–water partition coefficient (Wildman–Crippen LogP) is -1.50. The zero-order valence-corrected chi connectivity index (χ0v) is 76.9. The van der Waals surface area contributed by atoms with Gasteiger partial charge in [-0.25, -0.2) is 15.2 Å². The lowest BCUT2D eigenvalue weighted by molar-refractivity contribution is -0.142. The number of carbonyl (C=O) groups is 15. The van der Waals surface area contributed by atoms with Crippen LogP contribution in [0.3, 0.4) is 0 Å². The summed E-state index contributed by atoms with van der Waals surface area (Å²) in [6.07, 6.45) is 2.89. The third-order valence-corrected chi connectivity index (χ3v) is 24.0. The Bertz CT molecular complexity index is 5860. The number of hydrazine groups is 1. The molecule has 0 bridgehead atoms. The normalized spacial score (nSPS) is 15.7. The fraction of sp³-hybridized carbons (Fsp3) is 0.375. The van der Waals surface area contributed by atoms with E-state index in [4.69, 9.17) is 28.0 Å². The molecular formula is C96H119N25O19. The average molecular weight is 1930 g/mol. The number of imidazole rings is 1. The number of para-hydroxylation sites is 1. The first-order chi connectivity index (χ1) is 67.3. The summed E-state index contributed by atoms with van der Waals surface area (Å²) in [5.41, 5.74) is 24.5. The summed E-state index contributed by atoms with van der Waals surface area (Å²) in [4.78, 5) is 231. The van der Waals surface area contributed by atoms with Crippen LogP contribution in [0.2, 0.25) is 0 Å². The van der Waals surface area contributed by atoms with Gasteiger partial charge in [-0.2, -0.15) is 0 Å². The second kappa shape index (κ2) is 51.9. The molecule has 12 amide bonds. The number of ketones is 1. The number of benzene rings is 7. The zero-order chi connectivity index (χ0) is 100. The molecule has 4 heterocycles. The quantitative estimate of drug-likeness (QED) is 0.00679. The molecule has 0 radical (unpaired) electrons. The smallest absolute Gasteiger partial charge is 0.330 e. The van der Waals surface area contributed by atoms with E-state index in [2.05, 4.69) is 73.5 Å². The van der Waals surface area contributed by atoms with Crippen LogP contribution in [-0.2, 0) is 94.4 Å². The van der Waals surface area contributed by atoms with Crippen LogP contribution in [0.5, 0.6) is 0 Å². The van der Waals surface area contributed by atoms with E-state index in [-0.39, 0.29) is 141 Å². The highest BCUT2D eigenvalue weighted by Gasteiger charge is 2.41. The van der Waals surface area contributed by atoms with Gasteiger partial charge in [0.2, 0.25) is 53.2 Å². The maximum absolute atomic E-state index is 15.5. The minimum atomic E-state index is -1.94. The number of nitrogens with two attached hydrogens (primary N) is 3. The van der Waals surface area contributed by atoms with Crippen molar-refractivity contribution in [2.75, 3.05) is 105 Å². The van der Waals surface area contributed by atoms with Crippen molar-refractivity contribution in [1.82, 2.24) is 103 Å². The lowest BCUT2D eigenvalue weighted by Gasteiger charge is -2.33. The molecule has 9 aromatic rings. The van der Waals surface area contributed by atoms with E-state index < -0.39 is 189 Å². The van der Waals surface area contributed by atoms with Gasteiger partial charge >= 0.3 is 23.9 Å². The molecule has 2 saturated heterocycles. The highest BCUT2D eigenvalue weighted by atomic mass is 16.4. The molecule has 2 aliphatic heterocycles. The molecule has 1 unspecified atom stereocenters. The standard InChI is InChI=1S/C96H119N25O19/c97-94(98)103-32-10-21-71(108-87(133)73(46-59-26-28-61-13-4-6-17-65(61)43-59)107-80(123)52-117-35-37-118(53-81(124)125)39-41-120(55-83(128)129)42-40-119(38-36-117)54-82(126)127)85(131)110-74(47-60-27-29-62-14-5-7-18-66(62)44-60)88(134)114-78(56-122)91(137)112-76(49-68-51-102-57-106-68)90(136)109-72(22-11-33-104-95(99)100)86(132)111-75(48-67-50-105-70-20-9-8-19-69(67)70)89(135)113-77(93(139)121-34-12-23-79(121)92(138)115-116-96(101)140)45-58-24-30-64(31-25-58)84(130)63-15-2-1-3-16-63/h1-9,13-20,24-31,43-44,50-51,57,71-79,105,122H,10-12,21-23,32-42,45-49,52-56H2,(H,102,106)(H,107,123)(H,108,133)(H,109,136)(H,110,131)(H,111,132)(H,112,137)(H,113,135)(H,114,134)(H,115,138)(H,124,125)(H,126,127)(H,128,129)(H4,97,98,103)(H4,99,100,104)(H3,101,116,140)/t71-,72+,73+,74?,75-,76-,77+,78-,79-/m0/s1. The van der Waals surface area contributed by atoms with Gasteiger partial charge < -0.3 is 106 Å². The van der Waals surface area contributed by atoms with Crippen LogP contribution in [0.4, 0.5) is 4.79 Å². The summed E-state index contributed by atoms with van der Waals surface area (Å²) in [7, 11) is 0. The number of hydrogen-bond acceptors (Lipinski definition) is 23. The first-order valence-electron chi connectivity index (χ1n) is 45.8. The Kier molecular flexibility index (Phi) is 38.8. The van der Waals surface area contributed by atoms with Gasteiger partial charge in [0, 0.05) is 144 Å². The van der Waals surface area contributed by atoms with E-state index >= 15 is 38.4 Å². The second-order valence-electron chi connectivity index (χ2n) is 34.4. The number of hydrogen-bond donors (Lipinski definition) is 23. The first-order valence-corrected chi connectivity index (χ1v) is 45.8. The SMILES string of the molecule is N=C(N)NCCC[C@H](NC(=O)[C@@H](Cc1ccc2ccccc2c1)NC(=O)CN1CCN(CC(=O)O)CCN(CC(=O)O)CCN(CC(=O)O)CC1)C(=O)NC(Cc1ccc2ccccc2c1)C(=O)N[C@@H](CO)C(=O)N[C@@H](Cc1cnc[nH]1)C(=O)N[C@H](CCCNC(=N)N)C(=O)N[C@@H](Cc1c[nH]c2ccccc12)C(=O)N[C@H](Cc1ccc(C(=O)c2ccccc2)cc1)C(=O)N1CCC[C@H]1C(=O)NNC(N)=O. The Hall–Kier alpha value is -15.8. The van der Waals surface area contributed by atoms with E-state index in [9.17, 15) is 54.0 Å². The third kappa shape index (κ3) is 32.2. The van der Waals surface area contributed by atoms with Crippen molar-refractivity contribution in [2.24, 2.45) is 17.2 Å². The van der Waals surface area contributed by atoms with Crippen molar-refractivity contribution in [1.29, 1.82) is 10.8 Å². The lowest BCUT2D eigenvalue weighted by Crippen LogP contribution is -2.62. The summed E-state index contributed by atoms with van der Waals surface area (Å²) in [6.45, 7) is -2.25. The number of amides is 12. The van der Waals surface area contributed by atoms with Crippen molar-refractivity contribution in [3.05, 3.63) is 222 Å². The number of guanidine groups is 2. The molecular weight excluding hydrogens is 1810 g/mol. The van der Waals surface area contributed by atoms with Gasteiger partial charge in [0.25, 0.3) is 5.91 Å². The number of likely N-dealkylation sites (tertiary alicyclic amines) is 1. The summed E-state index contributed by atoms with van der Waals surface area (Å²) < 4.78 is 0. The molecule has 2 aromatic heterocycles. The largest absolute Gasteiger partial charge is 0.480 e. The zero-order valence-electron chi connectivity index (χ0n) is 76.9. The number of carbonyl (C=O) groups excluding carboxylic acids is 12. The monoisotopic (exact) mass is 1930 g/mol. The molecule has 2 aliphatic rings. The van der Waals surface area contributed by atoms with Gasteiger partial charge in [0.05, 0.1) is 39.1 Å². The van der Waals surface area contributed by atoms with Crippen molar-refractivity contribution < 1.29 is 92.3 Å². The number of carboxylic acids is 3. The van der Waals surface area contributed by atoms with Crippen LogP contribution < -0.4 is 81.2 Å². The van der Waals surface area contributed by atoms with Crippen LogP contribution in [-0.4, -0.2) is 320 Å². The Morgan fingerprint density at radius 1 is 0.421 bits per heavy atom. The molecule has 7 aromatic carbocycles. The highest BCUT2D eigenvalue weighted by molar-refractivity contribution is 6.09. The number of aromatic nitrogens is 3. The van der Waals surface area contributed by atoms with Gasteiger partial charge in [0.1, 0.15) is 54.4 Å². The van der Waals surface area contributed by atoms with Crippen LogP contribution in [0, 0.1) is 10.8 Å². The van der Waals surface area contributed by atoms with Gasteiger partial charge in [0.15, 0.2) is 17.7 Å². The van der Waals surface area contributed by atoms with Gasteiger partial charge in [-0.05, 0) is 88.4 Å². The maximum atomic E-state index is 15.5.